The molecule has 4 N–H and O–H groups in total. The van der Waals surface area contributed by atoms with E-state index in [0.29, 0.717) is 17.7 Å². The first kappa shape index (κ1) is 25.5. The van der Waals surface area contributed by atoms with Crippen LogP contribution in [0.3, 0.4) is 0 Å². The standard InChI is InChI=1S/C23H36O8/c1-2-3-4-5-6-7-8-13-19(26)31-22-21(28)20(27)18(15-25)30-23(22)29-17-12-10-9-11-16(17)14-24/h9-12,18,20-25,27-28H,2-8,13-15H2,1H3/t18-,20-,21+,22-,23-/m1/s1. The summed E-state index contributed by atoms with van der Waals surface area (Å²) in [6, 6.07) is 6.70. The van der Waals surface area contributed by atoms with Crippen molar-refractivity contribution in [3.05, 3.63) is 29.8 Å². The molecule has 8 heteroatoms. The summed E-state index contributed by atoms with van der Waals surface area (Å²) in [5.74, 6) is -0.219. The Balaban J connectivity index is 1.97. The number of carbonyl (C=O) groups is 1. The Bertz CT molecular complexity index is 652. The molecule has 0 unspecified atom stereocenters. The number of ether oxygens (including phenoxy) is 3. The van der Waals surface area contributed by atoms with Crippen LogP contribution in [-0.4, -0.2) is 63.7 Å². The number of unbranched alkanes of at least 4 members (excludes halogenated alkanes) is 6. The Morgan fingerprint density at radius 1 is 1.00 bits per heavy atom. The molecule has 0 bridgehead atoms. The van der Waals surface area contributed by atoms with Crippen LogP contribution in [0.1, 0.15) is 63.9 Å². The number of esters is 1. The van der Waals surface area contributed by atoms with E-state index in [1.807, 2.05) is 0 Å². The second-order valence-corrected chi connectivity index (χ2v) is 7.92. The number of hydrogen-bond acceptors (Lipinski definition) is 8. The van der Waals surface area contributed by atoms with Gasteiger partial charge in [-0.3, -0.25) is 4.79 Å². The van der Waals surface area contributed by atoms with Crippen LogP contribution >= 0.6 is 0 Å². The summed E-state index contributed by atoms with van der Waals surface area (Å²) in [7, 11) is 0. The van der Waals surface area contributed by atoms with E-state index in [4.69, 9.17) is 14.2 Å². The SMILES string of the molecule is CCCCCCCCCC(=O)O[C@H]1[C@H](Oc2ccccc2CO)O[C@H](CO)[C@@H](O)[C@@H]1O. The number of carbonyl (C=O) groups excluding carboxylic acids is 1. The number of rotatable bonds is 13. The number of benzene rings is 1. The quantitative estimate of drug-likeness (QED) is 0.271. The third-order valence-electron chi connectivity index (χ3n) is 5.46. The van der Waals surface area contributed by atoms with Gasteiger partial charge in [0.05, 0.1) is 13.2 Å². The van der Waals surface area contributed by atoms with Crippen molar-refractivity contribution in [1.29, 1.82) is 0 Å². The first-order valence-corrected chi connectivity index (χ1v) is 11.2. The molecule has 8 nitrogen and oxygen atoms in total. The molecule has 1 heterocycles. The zero-order chi connectivity index (χ0) is 22.6. The van der Waals surface area contributed by atoms with Crippen molar-refractivity contribution < 1.29 is 39.4 Å². The molecule has 0 saturated carbocycles. The minimum Gasteiger partial charge on any atom is -0.460 e. The molecule has 1 fully saturated rings. The van der Waals surface area contributed by atoms with E-state index in [9.17, 15) is 25.2 Å². The summed E-state index contributed by atoms with van der Waals surface area (Å²) in [4.78, 5) is 12.4. The molecule has 0 aliphatic carbocycles. The Morgan fingerprint density at radius 2 is 1.68 bits per heavy atom. The van der Waals surface area contributed by atoms with Gasteiger partial charge < -0.3 is 34.6 Å². The Kier molecular flexibility index (Phi) is 11.2. The lowest BCUT2D eigenvalue weighted by Gasteiger charge is -2.41. The number of hydrogen-bond donors (Lipinski definition) is 4. The summed E-state index contributed by atoms with van der Waals surface area (Å²) >= 11 is 0. The molecule has 1 aliphatic heterocycles. The minimum absolute atomic E-state index is 0.191. The smallest absolute Gasteiger partial charge is 0.306 e. The largest absolute Gasteiger partial charge is 0.460 e. The van der Waals surface area contributed by atoms with Gasteiger partial charge in [0.1, 0.15) is 24.1 Å². The van der Waals surface area contributed by atoms with Gasteiger partial charge in [0, 0.05) is 12.0 Å². The summed E-state index contributed by atoms with van der Waals surface area (Å²) < 4.78 is 16.8. The van der Waals surface area contributed by atoms with E-state index in [-0.39, 0.29) is 13.0 Å². The zero-order valence-corrected chi connectivity index (χ0v) is 18.2. The Morgan fingerprint density at radius 3 is 2.35 bits per heavy atom. The van der Waals surface area contributed by atoms with E-state index >= 15 is 0 Å². The average molecular weight is 441 g/mol. The third-order valence-corrected chi connectivity index (χ3v) is 5.46. The van der Waals surface area contributed by atoms with Crippen LogP contribution in [0.25, 0.3) is 0 Å². The van der Waals surface area contributed by atoms with Gasteiger partial charge in [0.25, 0.3) is 0 Å². The predicted molar refractivity (Wildman–Crippen MR) is 113 cm³/mol. The van der Waals surface area contributed by atoms with Gasteiger partial charge >= 0.3 is 5.97 Å². The minimum atomic E-state index is -1.49. The fraction of sp³-hybridized carbons (Fsp3) is 0.696. The summed E-state index contributed by atoms with van der Waals surface area (Å²) in [5, 5.41) is 39.7. The highest BCUT2D eigenvalue weighted by Crippen LogP contribution is 2.28. The van der Waals surface area contributed by atoms with Crippen LogP contribution < -0.4 is 4.74 Å². The fourth-order valence-electron chi connectivity index (χ4n) is 3.59. The maximum atomic E-state index is 12.4. The lowest BCUT2D eigenvalue weighted by Crippen LogP contribution is -2.61. The van der Waals surface area contributed by atoms with Gasteiger partial charge in [-0.1, -0.05) is 63.6 Å². The fourth-order valence-corrected chi connectivity index (χ4v) is 3.59. The molecule has 2 rings (SSSR count). The van der Waals surface area contributed by atoms with Crippen LogP contribution in [0, 0.1) is 0 Å². The van der Waals surface area contributed by atoms with Crippen molar-refractivity contribution in [3.63, 3.8) is 0 Å². The zero-order valence-electron chi connectivity index (χ0n) is 18.2. The summed E-state index contributed by atoms with van der Waals surface area (Å²) in [5.41, 5.74) is 0.486. The molecule has 0 aromatic heterocycles. The van der Waals surface area contributed by atoms with Crippen molar-refractivity contribution in [2.45, 2.75) is 95.6 Å². The van der Waals surface area contributed by atoms with Crippen molar-refractivity contribution in [2.75, 3.05) is 6.61 Å². The highest BCUT2D eigenvalue weighted by atomic mass is 16.7. The predicted octanol–water partition coefficient (Wildman–Crippen LogP) is 2.05. The number of aliphatic hydroxyl groups is 4. The second kappa shape index (κ2) is 13.6. The molecule has 1 saturated heterocycles. The molecule has 1 aromatic carbocycles. The Labute approximate surface area is 183 Å². The topological polar surface area (TPSA) is 126 Å². The number of aliphatic hydroxyl groups excluding tert-OH is 4. The lowest BCUT2D eigenvalue weighted by atomic mass is 9.99. The molecule has 0 radical (unpaired) electrons. The van der Waals surface area contributed by atoms with Gasteiger partial charge in [-0.05, 0) is 12.5 Å². The molecular weight excluding hydrogens is 404 g/mol. The van der Waals surface area contributed by atoms with Crippen LogP contribution in [-0.2, 0) is 20.9 Å². The van der Waals surface area contributed by atoms with E-state index in [1.54, 1.807) is 24.3 Å². The van der Waals surface area contributed by atoms with Crippen molar-refractivity contribution in [2.24, 2.45) is 0 Å². The molecule has 31 heavy (non-hydrogen) atoms. The van der Waals surface area contributed by atoms with Crippen LogP contribution in [0.4, 0.5) is 0 Å². The second-order valence-electron chi connectivity index (χ2n) is 7.92. The summed E-state index contributed by atoms with van der Waals surface area (Å²) in [6.07, 6.45) is 1.05. The van der Waals surface area contributed by atoms with Gasteiger partial charge in [-0.2, -0.15) is 0 Å². The van der Waals surface area contributed by atoms with Crippen molar-refractivity contribution in [1.82, 2.24) is 0 Å². The van der Waals surface area contributed by atoms with Crippen LogP contribution in [0.2, 0.25) is 0 Å². The normalized spacial score (nSPS) is 25.9. The maximum absolute atomic E-state index is 12.4. The molecule has 0 amide bonds. The molecule has 1 aliphatic rings. The average Bonchev–Trinajstić information content (AvgIpc) is 2.78. The molecular formula is C23H36O8. The van der Waals surface area contributed by atoms with Crippen molar-refractivity contribution >= 4 is 5.97 Å². The lowest BCUT2D eigenvalue weighted by molar-refractivity contribution is -0.282. The Hall–Kier alpha value is -1.71. The molecule has 1 aromatic rings. The van der Waals surface area contributed by atoms with Crippen LogP contribution in [0.5, 0.6) is 5.75 Å². The van der Waals surface area contributed by atoms with Crippen LogP contribution in [0.15, 0.2) is 24.3 Å². The first-order valence-electron chi connectivity index (χ1n) is 11.2. The van der Waals surface area contributed by atoms with Gasteiger partial charge in [-0.15, -0.1) is 0 Å². The molecule has 5 atom stereocenters. The maximum Gasteiger partial charge on any atom is 0.306 e. The van der Waals surface area contributed by atoms with E-state index < -0.39 is 43.3 Å². The summed E-state index contributed by atoms with van der Waals surface area (Å²) in [6.45, 7) is 1.34. The monoisotopic (exact) mass is 440 g/mol. The number of para-hydroxylation sites is 1. The highest BCUT2D eigenvalue weighted by molar-refractivity contribution is 5.69. The van der Waals surface area contributed by atoms with E-state index in [0.717, 1.165) is 19.3 Å². The molecule has 176 valence electrons. The highest BCUT2D eigenvalue weighted by Gasteiger charge is 2.48. The molecule has 0 spiro atoms. The van der Waals surface area contributed by atoms with E-state index in [1.165, 1.54) is 19.3 Å². The first-order chi connectivity index (χ1) is 15.0. The third kappa shape index (κ3) is 7.73. The van der Waals surface area contributed by atoms with Gasteiger partial charge in [-0.25, -0.2) is 0 Å². The van der Waals surface area contributed by atoms with E-state index in [2.05, 4.69) is 6.92 Å². The van der Waals surface area contributed by atoms with Gasteiger partial charge in [0.2, 0.25) is 6.29 Å². The van der Waals surface area contributed by atoms with Crippen molar-refractivity contribution in [3.8, 4) is 5.75 Å². The van der Waals surface area contributed by atoms with Gasteiger partial charge in [0.15, 0.2) is 6.10 Å².